The first kappa shape index (κ1) is 11.4. The van der Waals surface area contributed by atoms with Crippen LogP contribution in [0.3, 0.4) is 0 Å². The molecule has 0 aliphatic heterocycles. The van der Waals surface area contributed by atoms with Crippen molar-refractivity contribution in [3.63, 3.8) is 0 Å². The van der Waals surface area contributed by atoms with Crippen LogP contribution in [0.25, 0.3) is 11.1 Å². The van der Waals surface area contributed by atoms with Crippen LogP contribution in [0.15, 0.2) is 36.4 Å². The molecular formula is C13H10F2O2. The van der Waals surface area contributed by atoms with Crippen molar-refractivity contribution in [3.8, 4) is 22.6 Å². The molecule has 0 aliphatic carbocycles. The topological polar surface area (TPSA) is 29.5 Å². The monoisotopic (exact) mass is 236 g/mol. The molecule has 2 rings (SSSR count). The van der Waals surface area contributed by atoms with Gasteiger partial charge in [0.15, 0.2) is 0 Å². The summed E-state index contributed by atoms with van der Waals surface area (Å²) in [4.78, 5) is 0. The molecule has 0 aliphatic rings. The zero-order valence-electron chi connectivity index (χ0n) is 9.08. The number of phenolic OH excluding ortho intramolecular Hbond substituents is 1. The highest BCUT2D eigenvalue weighted by Gasteiger charge is 2.11. The lowest BCUT2D eigenvalue weighted by atomic mass is 10.0. The quantitative estimate of drug-likeness (QED) is 0.866. The molecule has 0 saturated carbocycles. The van der Waals surface area contributed by atoms with Gasteiger partial charge in [-0.05, 0) is 24.3 Å². The van der Waals surface area contributed by atoms with E-state index in [2.05, 4.69) is 0 Å². The number of benzene rings is 2. The van der Waals surface area contributed by atoms with Crippen LogP contribution in [-0.4, -0.2) is 12.2 Å². The van der Waals surface area contributed by atoms with E-state index in [-0.39, 0.29) is 11.3 Å². The van der Waals surface area contributed by atoms with Gasteiger partial charge in [0.05, 0.1) is 7.11 Å². The first-order chi connectivity index (χ1) is 8.11. The molecule has 0 amide bonds. The minimum Gasteiger partial charge on any atom is -0.507 e. The number of halogens is 2. The third-order valence-electron chi connectivity index (χ3n) is 2.43. The third kappa shape index (κ3) is 2.20. The molecule has 2 aromatic rings. The molecular weight excluding hydrogens is 226 g/mol. The van der Waals surface area contributed by atoms with E-state index in [1.54, 1.807) is 6.07 Å². The fourth-order valence-corrected chi connectivity index (χ4v) is 1.57. The lowest BCUT2D eigenvalue weighted by molar-refractivity contribution is 0.408. The van der Waals surface area contributed by atoms with Gasteiger partial charge in [0.1, 0.15) is 23.1 Å². The van der Waals surface area contributed by atoms with Crippen LogP contribution in [0.5, 0.6) is 11.5 Å². The Hall–Kier alpha value is -2.10. The second kappa shape index (κ2) is 4.41. The van der Waals surface area contributed by atoms with Crippen molar-refractivity contribution < 1.29 is 18.6 Å². The highest BCUT2D eigenvalue weighted by Crippen LogP contribution is 2.33. The lowest BCUT2D eigenvalue weighted by Gasteiger charge is -2.08. The van der Waals surface area contributed by atoms with Gasteiger partial charge in [-0.15, -0.1) is 0 Å². The summed E-state index contributed by atoms with van der Waals surface area (Å²) in [6, 6.07) is 7.69. The van der Waals surface area contributed by atoms with Crippen LogP contribution >= 0.6 is 0 Å². The molecule has 0 unspecified atom stereocenters. The van der Waals surface area contributed by atoms with Crippen LogP contribution in [0, 0.1) is 11.6 Å². The Morgan fingerprint density at radius 2 is 1.71 bits per heavy atom. The number of aromatic hydroxyl groups is 1. The lowest BCUT2D eigenvalue weighted by Crippen LogP contribution is -1.88. The van der Waals surface area contributed by atoms with Gasteiger partial charge in [0.2, 0.25) is 0 Å². The summed E-state index contributed by atoms with van der Waals surface area (Å²) in [6.07, 6.45) is 0. The highest BCUT2D eigenvalue weighted by molar-refractivity contribution is 5.71. The van der Waals surface area contributed by atoms with Crippen molar-refractivity contribution in [2.24, 2.45) is 0 Å². The first-order valence-corrected chi connectivity index (χ1v) is 4.94. The van der Waals surface area contributed by atoms with Crippen LogP contribution in [0.4, 0.5) is 8.78 Å². The minimum absolute atomic E-state index is 0.116. The molecule has 0 saturated heterocycles. The Kier molecular flexibility index (Phi) is 2.95. The van der Waals surface area contributed by atoms with Crippen molar-refractivity contribution in [1.82, 2.24) is 0 Å². The van der Waals surface area contributed by atoms with Crippen LogP contribution < -0.4 is 4.74 Å². The molecule has 0 aromatic heterocycles. The zero-order valence-corrected chi connectivity index (χ0v) is 9.08. The molecule has 0 atom stereocenters. The Balaban J connectivity index is 2.53. The summed E-state index contributed by atoms with van der Waals surface area (Å²) >= 11 is 0. The van der Waals surface area contributed by atoms with Gasteiger partial charge in [-0.2, -0.15) is 0 Å². The van der Waals surface area contributed by atoms with Crippen molar-refractivity contribution in [3.05, 3.63) is 48.0 Å². The molecule has 88 valence electrons. The minimum atomic E-state index is -0.717. The van der Waals surface area contributed by atoms with Gasteiger partial charge >= 0.3 is 0 Å². The summed E-state index contributed by atoms with van der Waals surface area (Å²) in [5.74, 6) is -1.02. The van der Waals surface area contributed by atoms with Gasteiger partial charge in [-0.1, -0.05) is 0 Å². The maximum atomic E-state index is 13.5. The maximum absolute atomic E-state index is 13.5. The molecule has 0 bridgehead atoms. The van der Waals surface area contributed by atoms with Crippen LogP contribution in [-0.2, 0) is 0 Å². The van der Waals surface area contributed by atoms with E-state index in [0.717, 1.165) is 12.1 Å². The first-order valence-electron chi connectivity index (χ1n) is 4.94. The molecule has 2 aromatic carbocycles. The average Bonchev–Trinajstić information content (AvgIpc) is 2.30. The molecule has 4 heteroatoms. The predicted molar refractivity (Wildman–Crippen MR) is 60.0 cm³/mol. The van der Waals surface area contributed by atoms with Crippen molar-refractivity contribution >= 4 is 0 Å². The number of rotatable bonds is 2. The van der Waals surface area contributed by atoms with Gasteiger partial charge in [0.25, 0.3) is 0 Å². The maximum Gasteiger partial charge on any atom is 0.134 e. The Morgan fingerprint density at radius 1 is 1.00 bits per heavy atom. The Bertz CT molecular complexity index is 553. The second-order valence-corrected chi connectivity index (χ2v) is 3.51. The van der Waals surface area contributed by atoms with E-state index < -0.39 is 11.6 Å². The number of phenols is 1. The predicted octanol–water partition coefficient (Wildman–Crippen LogP) is 3.35. The second-order valence-electron chi connectivity index (χ2n) is 3.51. The van der Waals surface area contributed by atoms with Gasteiger partial charge < -0.3 is 9.84 Å². The van der Waals surface area contributed by atoms with Gasteiger partial charge in [-0.3, -0.25) is 0 Å². The smallest absolute Gasteiger partial charge is 0.134 e. The molecule has 0 radical (unpaired) electrons. The summed E-state index contributed by atoms with van der Waals surface area (Å²) < 4.78 is 31.2. The standard InChI is InChI=1S/C13H10F2O2/c1-17-9-3-5-11(13(16)7-9)10-4-2-8(14)6-12(10)15/h2-7,16H,1H3. The number of methoxy groups -OCH3 is 1. The summed E-state index contributed by atoms with van der Waals surface area (Å²) in [6.45, 7) is 0. The number of hydrogen-bond donors (Lipinski definition) is 1. The van der Waals surface area contributed by atoms with Crippen LogP contribution in [0.1, 0.15) is 0 Å². The fraction of sp³-hybridized carbons (Fsp3) is 0.0769. The van der Waals surface area contributed by atoms with E-state index in [1.807, 2.05) is 0 Å². The summed E-state index contributed by atoms with van der Waals surface area (Å²) in [7, 11) is 1.47. The van der Waals surface area contributed by atoms with E-state index in [9.17, 15) is 13.9 Å². The molecule has 0 heterocycles. The highest BCUT2D eigenvalue weighted by atomic mass is 19.1. The summed E-state index contributed by atoms with van der Waals surface area (Å²) in [5.41, 5.74) is 0.440. The fourth-order valence-electron chi connectivity index (χ4n) is 1.57. The van der Waals surface area contributed by atoms with E-state index in [0.29, 0.717) is 11.3 Å². The van der Waals surface area contributed by atoms with Gasteiger partial charge in [0, 0.05) is 23.3 Å². The molecule has 2 nitrogen and oxygen atoms in total. The SMILES string of the molecule is COc1ccc(-c2ccc(F)cc2F)c(O)c1. The molecule has 1 N–H and O–H groups in total. The normalized spacial score (nSPS) is 10.3. The van der Waals surface area contributed by atoms with E-state index in [4.69, 9.17) is 4.74 Å². The van der Waals surface area contributed by atoms with E-state index in [1.165, 1.54) is 25.3 Å². The Labute approximate surface area is 97.1 Å². The zero-order chi connectivity index (χ0) is 12.4. The Morgan fingerprint density at radius 3 is 2.29 bits per heavy atom. The summed E-state index contributed by atoms with van der Waals surface area (Å²) in [5, 5.41) is 9.73. The molecule has 0 spiro atoms. The molecule has 17 heavy (non-hydrogen) atoms. The largest absolute Gasteiger partial charge is 0.507 e. The number of hydrogen-bond acceptors (Lipinski definition) is 2. The van der Waals surface area contributed by atoms with Crippen LogP contribution in [0.2, 0.25) is 0 Å². The van der Waals surface area contributed by atoms with Crippen molar-refractivity contribution in [1.29, 1.82) is 0 Å². The number of ether oxygens (including phenoxy) is 1. The molecule has 0 fully saturated rings. The average molecular weight is 236 g/mol. The van der Waals surface area contributed by atoms with E-state index >= 15 is 0 Å². The van der Waals surface area contributed by atoms with Gasteiger partial charge in [-0.25, -0.2) is 8.78 Å². The third-order valence-corrected chi connectivity index (χ3v) is 2.43. The van der Waals surface area contributed by atoms with Crippen molar-refractivity contribution in [2.75, 3.05) is 7.11 Å². The van der Waals surface area contributed by atoms with Crippen molar-refractivity contribution in [2.45, 2.75) is 0 Å².